The monoisotopic (exact) mass is 639 g/mol. The highest BCUT2D eigenvalue weighted by Gasteiger charge is 2.38. The molecule has 5 rings (SSSR count). The number of aryl methyl sites for hydroxylation is 1. The minimum absolute atomic E-state index is 0.303. The van der Waals surface area contributed by atoms with E-state index in [-0.39, 0.29) is 12.0 Å². The third-order valence-corrected chi connectivity index (χ3v) is 7.62. The van der Waals surface area contributed by atoms with Gasteiger partial charge in [0.25, 0.3) is 11.5 Å². The fraction of sp³-hybridized carbons (Fsp3) is 0.219. The normalized spacial score (nSPS) is 13.0. The van der Waals surface area contributed by atoms with Gasteiger partial charge < -0.3 is 20.3 Å². The first kappa shape index (κ1) is 32.0. The average molecular weight is 640 g/mol. The minimum Gasteiger partial charge on any atom is -0.480 e. The Labute approximate surface area is 257 Å². The van der Waals surface area contributed by atoms with Crippen molar-refractivity contribution in [2.24, 2.45) is 7.05 Å². The lowest BCUT2D eigenvalue weighted by atomic mass is 9.95. The average Bonchev–Trinajstić information content (AvgIpc) is 3.00. The fourth-order valence-corrected chi connectivity index (χ4v) is 5.28. The Bertz CT molecular complexity index is 2020. The summed E-state index contributed by atoms with van der Waals surface area (Å²) >= 11 is 0. The van der Waals surface area contributed by atoms with Crippen molar-refractivity contribution >= 4 is 39.4 Å². The van der Waals surface area contributed by atoms with Gasteiger partial charge >= 0.3 is 12.1 Å². The number of carbonyl (C=O) groups is 2. The van der Waals surface area contributed by atoms with Gasteiger partial charge in [-0.05, 0) is 42.3 Å². The van der Waals surface area contributed by atoms with Crippen LogP contribution in [0.1, 0.15) is 29.3 Å². The first-order chi connectivity index (χ1) is 21.8. The van der Waals surface area contributed by atoms with Crippen LogP contribution in [0.3, 0.4) is 0 Å². The van der Waals surface area contributed by atoms with E-state index < -0.39 is 59.4 Å². The highest BCUT2D eigenvalue weighted by Crippen LogP contribution is 2.31. The van der Waals surface area contributed by atoms with Gasteiger partial charge in [0, 0.05) is 54.1 Å². The lowest BCUT2D eigenvalue weighted by Crippen LogP contribution is -2.43. The van der Waals surface area contributed by atoms with Gasteiger partial charge in [-0.1, -0.05) is 25.1 Å². The summed E-state index contributed by atoms with van der Waals surface area (Å²) < 4.78 is 70.5. The smallest absolute Gasteiger partial charge is 0.408 e. The van der Waals surface area contributed by atoms with Gasteiger partial charge in [-0.2, -0.15) is 13.2 Å². The van der Waals surface area contributed by atoms with E-state index in [1.54, 1.807) is 55.8 Å². The van der Waals surface area contributed by atoms with Crippen molar-refractivity contribution in [3.63, 3.8) is 0 Å². The molecule has 3 aromatic heterocycles. The molecule has 0 bridgehead atoms. The highest BCUT2D eigenvalue weighted by molar-refractivity contribution is 5.99. The number of hydrogen-bond donors (Lipinski definition) is 3. The maximum Gasteiger partial charge on any atom is 0.408 e. The second-order valence-corrected chi connectivity index (χ2v) is 10.6. The zero-order chi connectivity index (χ0) is 33.3. The van der Waals surface area contributed by atoms with Crippen LogP contribution in [0.2, 0.25) is 0 Å². The lowest BCUT2D eigenvalue weighted by molar-refractivity contribution is -0.143. The second-order valence-electron chi connectivity index (χ2n) is 10.6. The number of aliphatic carboxylic acids is 1. The molecule has 0 saturated carbocycles. The number of benzene rings is 2. The summed E-state index contributed by atoms with van der Waals surface area (Å²) in [4.78, 5) is 46.9. The van der Waals surface area contributed by atoms with E-state index >= 15 is 0 Å². The number of hydrogen-bond acceptors (Lipinski definition) is 6. The van der Waals surface area contributed by atoms with E-state index in [2.05, 4.69) is 15.3 Å². The van der Waals surface area contributed by atoms with Crippen molar-refractivity contribution in [1.82, 2.24) is 19.9 Å². The molecule has 0 radical (unpaired) electrons. The van der Waals surface area contributed by atoms with E-state index in [0.717, 1.165) is 0 Å². The van der Waals surface area contributed by atoms with Crippen LogP contribution in [0, 0.1) is 11.6 Å². The van der Waals surface area contributed by atoms with Crippen LogP contribution in [-0.4, -0.2) is 49.8 Å². The third kappa shape index (κ3) is 6.23. The number of carbonyl (C=O) groups excluding carboxylic acids is 1. The summed E-state index contributed by atoms with van der Waals surface area (Å²) in [5.41, 5.74) is 0.242. The van der Waals surface area contributed by atoms with Crippen LogP contribution in [-0.2, 0) is 18.3 Å². The van der Waals surface area contributed by atoms with Gasteiger partial charge in [0.2, 0.25) is 0 Å². The highest BCUT2D eigenvalue weighted by atomic mass is 19.4. The molecule has 14 heteroatoms. The quantitative estimate of drug-likeness (QED) is 0.179. The Morgan fingerprint density at radius 2 is 1.74 bits per heavy atom. The van der Waals surface area contributed by atoms with Crippen LogP contribution in [0.25, 0.3) is 32.9 Å². The molecule has 2 aromatic carbocycles. The van der Waals surface area contributed by atoms with Crippen molar-refractivity contribution in [1.29, 1.82) is 0 Å². The summed E-state index contributed by atoms with van der Waals surface area (Å²) in [6.45, 7) is 1.24. The van der Waals surface area contributed by atoms with Crippen LogP contribution in [0.15, 0.2) is 71.9 Å². The Morgan fingerprint density at radius 3 is 2.39 bits per heavy atom. The van der Waals surface area contributed by atoms with E-state index in [4.69, 9.17) is 0 Å². The summed E-state index contributed by atoms with van der Waals surface area (Å²) in [5.74, 6) is -5.88. The van der Waals surface area contributed by atoms with Crippen LogP contribution < -0.4 is 16.2 Å². The number of anilines is 1. The molecule has 2 atom stereocenters. The fourth-order valence-electron chi connectivity index (χ4n) is 5.28. The maximum atomic E-state index is 14.9. The Morgan fingerprint density at radius 1 is 1.02 bits per heavy atom. The van der Waals surface area contributed by atoms with Gasteiger partial charge in [0.05, 0.1) is 16.6 Å². The van der Waals surface area contributed by atoms with Crippen LogP contribution in [0.4, 0.5) is 27.6 Å². The number of pyridine rings is 3. The van der Waals surface area contributed by atoms with E-state index in [9.17, 15) is 41.4 Å². The molecule has 3 heterocycles. The van der Waals surface area contributed by atoms with Crippen molar-refractivity contribution < 1.29 is 36.6 Å². The lowest BCUT2D eigenvalue weighted by Gasteiger charge is -2.22. The molecular formula is C32H26F5N5O4. The number of nitrogens with one attached hydrogen (secondary N) is 2. The number of carboxylic acid groups (broad SMARTS) is 1. The molecule has 3 N–H and O–H groups in total. The van der Waals surface area contributed by atoms with Crippen molar-refractivity contribution in [2.45, 2.75) is 38.0 Å². The summed E-state index contributed by atoms with van der Waals surface area (Å²) in [6, 6.07) is 7.13. The van der Waals surface area contributed by atoms with Crippen molar-refractivity contribution in [2.75, 3.05) is 5.32 Å². The number of halogens is 5. The molecule has 0 saturated heterocycles. The predicted octanol–water partition coefficient (Wildman–Crippen LogP) is 5.61. The minimum atomic E-state index is -4.69. The number of amides is 1. The molecule has 9 nitrogen and oxygen atoms in total. The van der Waals surface area contributed by atoms with Crippen molar-refractivity contribution in [3.05, 3.63) is 100 Å². The van der Waals surface area contributed by atoms with Gasteiger partial charge in [-0.3, -0.25) is 19.6 Å². The molecule has 1 amide bonds. The maximum absolute atomic E-state index is 14.9. The summed E-state index contributed by atoms with van der Waals surface area (Å²) in [6.07, 6.45) is -0.761. The number of carboxylic acids is 1. The first-order valence-corrected chi connectivity index (χ1v) is 14.0. The molecule has 0 fully saturated rings. The molecule has 0 spiro atoms. The Balaban J connectivity index is 1.45. The molecule has 46 heavy (non-hydrogen) atoms. The molecule has 0 aliphatic carbocycles. The Kier molecular flexibility index (Phi) is 8.72. The van der Waals surface area contributed by atoms with Gasteiger partial charge in [0.1, 0.15) is 29.3 Å². The van der Waals surface area contributed by atoms with Crippen LogP contribution >= 0.6 is 0 Å². The van der Waals surface area contributed by atoms with Gasteiger partial charge in [-0.25, -0.2) is 13.6 Å². The zero-order valence-corrected chi connectivity index (χ0v) is 24.3. The number of fused-ring (bicyclic) bond motifs is 2. The number of aromatic nitrogens is 3. The topological polar surface area (TPSA) is 126 Å². The van der Waals surface area contributed by atoms with E-state index in [1.807, 2.05) is 5.32 Å². The molecule has 5 aromatic rings. The molecule has 0 aliphatic rings. The molecule has 2 unspecified atom stereocenters. The van der Waals surface area contributed by atoms with Crippen LogP contribution in [0.5, 0.6) is 0 Å². The van der Waals surface area contributed by atoms with E-state index in [0.29, 0.717) is 50.6 Å². The first-order valence-electron chi connectivity index (χ1n) is 14.0. The summed E-state index contributed by atoms with van der Waals surface area (Å²) in [5, 5.41) is 15.2. The zero-order valence-electron chi connectivity index (χ0n) is 24.3. The largest absolute Gasteiger partial charge is 0.480 e. The number of alkyl halides is 3. The Hall–Kier alpha value is -5.40. The van der Waals surface area contributed by atoms with Gasteiger partial charge in [-0.15, -0.1) is 0 Å². The van der Waals surface area contributed by atoms with E-state index in [1.165, 1.54) is 17.7 Å². The molecule has 238 valence electrons. The van der Waals surface area contributed by atoms with Crippen molar-refractivity contribution in [3.8, 4) is 11.1 Å². The summed E-state index contributed by atoms with van der Waals surface area (Å²) in [7, 11) is 1.62. The number of rotatable bonds is 9. The molecular weight excluding hydrogens is 613 g/mol. The molecule has 0 aliphatic heterocycles. The number of nitrogens with zero attached hydrogens (tertiary/aromatic N) is 3. The predicted molar refractivity (Wildman–Crippen MR) is 160 cm³/mol. The third-order valence-electron chi connectivity index (χ3n) is 7.62. The van der Waals surface area contributed by atoms with Gasteiger partial charge in [0.15, 0.2) is 0 Å². The standard InChI is InChI=1S/C32H26F5N5O4/c1-3-26(32(35,36)37)40-18-13-22(33)27(23(34)14-18)29(43)41-24(31(45)46)12-16-6-7-20(28-19(16)5-4-9-39-28)21-11-17-15-38-10-8-25(17)42(2)30(21)44/h4-11,13-15,24,26,40H,3,12H2,1-2H3,(H,41,43)(H,45,46). The SMILES string of the molecule is CCC(Nc1cc(F)c(C(=O)NC(Cc2ccc(-c3cc4cnccc4n(C)c3=O)c3ncccc23)C(=O)O)c(F)c1)C(F)(F)F. The second kappa shape index (κ2) is 12.5.